The number of aromatic nitrogens is 3. The van der Waals surface area contributed by atoms with Gasteiger partial charge in [-0.25, -0.2) is 23.4 Å². The van der Waals surface area contributed by atoms with Crippen molar-refractivity contribution in [1.82, 2.24) is 30.1 Å². The molecule has 0 spiro atoms. The van der Waals surface area contributed by atoms with Crippen LogP contribution >= 0.6 is 23.2 Å². The number of hydrogen-bond donors (Lipinski definition) is 1. The van der Waals surface area contributed by atoms with E-state index in [0.29, 0.717) is 45.7 Å². The van der Waals surface area contributed by atoms with Gasteiger partial charge in [0.15, 0.2) is 5.75 Å². The Balaban J connectivity index is 1.24. The van der Waals surface area contributed by atoms with E-state index in [2.05, 4.69) is 30.0 Å². The third kappa shape index (κ3) is 10.5. The fourth-order valence-corrected chi connectivity index (χ4v) is 6.99. The van der Waals surface area contributed by atoms with E-state index in [1.165, 1.54) is 6.26 Å². The van der Waals surface area contributed by atoms with Gasteiger partial charge in [-0.2, -0.15) is 0 Å². The minimum atomic E-state index is -2.94. The molecular weight excluding hydrogens is 649 g/mol. The summed E-state index contributed by atoms with van der Waals surface area (Å²) < 4.78 is 29.0. The van der Waals surface area contributed by atoms with Crippen molar-refractivity contribution in [3.63, 3.8) is 0 Å². The number of nitrogens with zero attached hydrogens (tertiary/aromatic N) is 6. The fraction of sp³-hybridized carbons (Fsp3) is 0.500. The number of ether oxygens (including phenoxy) is 1. The largest absolute Gasteiger partial charge is 0.436 e. The molecule has 2 aliphatic rings. The maximum atomic E-state index is 11.4. The fourth-order valence-electron chi connectivity index (χ4n) is 5.82. The number of piperazine rings is 1. The number of pyridine rings is 1. The van der Waals surface area contributed by atoms with Crippen LogP contribution in [0.4, 0.5) is 5.95 Å². The molecule has 1 amide bonds. The summed E-state index contributed by atoms with van der Waals surface area (Å²) in [5.74, 6) is 2.23. The minimum absolute atomic E-state index is 0.0131. The van der Waals surface area contributed by atoms with Gasteiger partial charge < -0.3 is 15.0 Å². The second-order valence-electron chi connectivity index (χ2n) is 12.1. The zero-order valence-corrected chi connectivity index (χ0v) is 28.6. The van der Waals surface area contributed by atoms with Crippen LogP contribution in [0.5, 0.6) is 11.6 Å². The smallest absolute Gasteiger partial charge is 0.225 e. The highest BCUT2D eigenvalue weighted by Gasteiger charge is 2.21. The van der Waals surface area contributed by atoms with Crippen molar-refractivity contribution in [3.8, 4) is 22.9 Å². The van der Waals surface area contributed by atoms with E-state index in [9.17, 15) is 13.2 Å². The first-order valence-corrected chi connectivity index (χ1v) is 18.4. The maximum absolute atomic E-state index is 11.4. The van der Waals surface area contributed by atoms with E-state index in [4.69, 9.17) is 32.9 Å². The Kier molecular flexibility index (Phi) is 11.7. The Morgan fingerprint density at radius 2 is 1.63 bits per heavy atom. The van der Waals surface area contributed by atoms with Crippen molar-refractivity contribution in [3.05, 3.63) is 58.3 Å². The van der Waals surface area contributed by atoms with Gasteiger partial charge in [-0.05, 0) is 74.6 Å². The number of anilines is 1. The average molecular weight is 691 g/mol. The Hall–Kier alpha value is -3.03. The molecule has 0 saturated carbocycles. The first-order chi connectivity index (χ1) is 22.0. The van der Waals surface area contributed by atoms with Crippen LogP contribution in [-0.4, -0.2) is 103 Å². The lowest BCUT2D eigenvalue weighted by molar-refractivity contribution is -0.119. The lowest BCUT2D eigenvalue weighted by Crippen LogP contribution is -2.47. The van der Waals surface area contributed by atoms with Crippen LogP contribution in [0.3, 0.4) is 0 Å². The van der Waals surface area contributed by atoms with E-state index in [1.807, 2.05) is 24.3 Å². The molecule has 0 atom stereocenters. The Morgan fingerprint density at radius 1 is 0.957 bits per heavy atom. The molecule has 0 radical (unpaired) electrons. The Labute approximate surface area is 281 Å². The highest BCUT2D eigenvalue weighted by Crippen LogP contribution is 2.31. The number of carbonyl (C=O) groups is 1. The number of likely N-dealkylation sites (tertiary alicyclic amines) is 1. The van der Waals surface area contributed by atoms with Crippen molar-refractivity contribution in [2.45, 2.75) is 32.7 Å². The lowest BCUT2D eigenvalue weighted by Gasteiger charge is -2.34. The van der Waals surface area contributed by atoms with Crippen LogP contribution in [0.1, 0.15) is 31.7 Å². The number of carbonyl (C=O) groups excluding carboxylic acids is 1. The number of rotatable bonds is 12. The predicted octanol–water partition coefficient (Wildman–Crippen LogP) is 4.54. The number of hydrogen-bond acceptors (Lipinski definition) is 10. The summed E-state index contributed by atoms with van der Waals surface area (Å²) in [6.45, 7) is 8.81. The molecule has 0 bridgehead atoms. The molecule has 0 unspecified atom stereocenters. The first kappa shape index (κ1) is 34.3. The molecule has 5 rings (SSSR count). The van der Waals surface area contributed by atoms with Crippen molar-refractivity contribution < 1.29 is 17.9 Å². The molecule has 3 aromatic rings. The number of halogens is 2. The maximum Gasteiger partial charge on any atom is 0.225 e. The van der Waals surface area contributed by atoms with E-state index < -0.39 is 9.84 Å². The summed E-state index contributed by atoms with van der Waals surface area (Å²) in [7, 11) is -2.94. The number of piperidine rings is 1. The molecule has 2 aliphatic heterocycles. The number of amides is 1. The zero-order valence-electron chi connectivity index (χ0n) is 26.3. The Bertz CT molecular complexity index is 1570. The van der Waals surface area contributed by atoms with Crippen LogP contribution in [0.2, 0.25) is 10.0 Å². The molecule has 14 heteroatoms. The highest BCUT2D eigenvalue weighted by molar-refractivity contribution is 7.90. The first-order valence-electron chi connectivity index (χ1n) is 15.6. The SMILES string of the molecule is CC(=O)NCC1CCN(Cc2cc(Oc3cnc(N4CCN(CCCS(C)(=O)=O)CC4)nc3)nc(-c3cc(Cl)cc(Cl)c3)c2)CC1. The molecule has 11 nitrogen and oxygen atoms in total. The molecule has 46 heavy (non-hydrogen) atoms. The summed E-state index contributed by atoms with van der Waals surface area (Å²) in [4.78, 5) is 32.0. The van der Waals surface area contributed by atoms with Crippen LogP contribution in [-0.2, 0) is 21.2 Å². The zero-order chi connectivity index (χ0) is 32.7. The number of sulfone groups is 1. The summed E-state index contributed by atoms with van der Waals surface area (Å²) in [6, 6.07) is 9.34. The molecule has 248 valence electrons. The van der Waals surface area contributed by atoms with Crippen LogP contribution in [0, 0.1) is 5.92 Å². The average Bonchev–Trinajstić information content (AvgIpc) is 3.00. The molecular formula is C32H41Cl2N7O4S. The van der Waals surface area contributed by atoms with Gasteiger partial charge in [0, 0.05) is 74.1 Å². The van der Waals surface area contributed by atoms with Gasteiger partial charge >= 0.3 is 0 Å². The van der Waals surface area contributed by atoms with Gasteiger partial charge in [-0.3, -0.25) is 14.6 Å². The van der Waals surface area contributed by atoms with Crippen molar-refractivity contribution >= 4 is 44.9 Å². The van der Waals surface area contributed by atoms with Gasteiger partial charge in [0.05, 0.1) is 23.8 Å². The predicted molar refractivity (Wildman–Crippen MR) is 181 cm³/mol. The third-order valence-electron chi connectivity index (χ3n) is 8.25. The summed E-state index contributed by atoms with van der Waals surface area (Å²) in [5, 5.41) is 3.99. The van der Waals surface area contributed by atoms with Gasteiger partial charge in [0.25, 0.3) is 0 Å². The van der Waals surface area contributed by atoms with Gasteiger partial charge in [0.2, 0.25) is 17.7 Å². The lowest BCUT2D eigenvalue weighted by atomic mass is 9.96. The topological polar surface area (TPSA) is 121 Å². The quantitative estimate of drug-likeness (QED) is 0.290. The summed E-state index contributed by atoms with van der Waals surface area (Å²) in [5.41, 5.74) is 2.54. The second-order valence-corrected chi connectivity index (χ2v) is 15.3. The van der Waals surface area contributed by atoms with Crippen molar-refractivity contribution in [2.75, 3.05) is 69.3 Å². The number of benzene rings is 1. The van der Waals surface area contributed by atoms with Crippen molar-refractivity contribution in [1.29, 1.82) is 0 Å². The molecule has 1 aromatic carbocycles. The monoisotopic (exact) mass is 689 g/mol. The highest BCUT2D eigenvalue weighted by atomic mass is 35.5. The van der Waals surface area contributed by atoms with Gasteiger partial charge in [0.1, 0.15) is 9.84 Å². The van der Waals surface area contributed by atoms with Crippen LogP contribution < -0.4 is 15.0 Å². The third-order valence-corrected chi connectivity index (χ3v) is 9.72. The minimum Gasteiger partial charge on any atom is -0.436 e. The summed E-state index contributed by atoms with van der Waals surface area (Å²) in [6.07, 6.45) is 7.28. The normalized spacial score (nSPS) is 16.8. The Morgan fingerprint density at radius 3 is 2.26 bits per heavy atom. The number of nitrogens with one attached hydrogen (secondary N) is 1. The molecule has 2 saturated heterocycles. The summed E-state index contributed by atoms with van der Waals surface area (Å²) >= 11 is 12.7. The van der Waals surface area contributed by atoms with E-state index >= 15 is 0 Å². The molecule has 0 aliphatic carbocycles. The van der Waals surface area contributed by atoms with Crippen LogP contribution in [0.15, 0.2) is 42.7 Å². The molecule has 2 fully saturated rings. The standard InChI is InChI=1S/C32H41Cl2N7O4S/c1-23(42)35-19-24-4-7-40(8-5-24)22-25-14-30(26-16-27(33)18-28(34)17-26)38-31(15-25)45-29-20-36-32(37-21-29)41-11-9-39(10-12-41)6-3-13-46(2,43)44/h14-18,20-21,24H,3-13,19,22H2,1-2H3,(H,35,42). The van der Waals surface area contributed by atoms with Gasteiger partial charge in [-0.1, -0.05) is 23.2 Å². The van der Waals surface area contributed by atoms with E-state index in [-0.39, 0.29) is 11.7 Å². The second kappa shape index (κ2) is 15.7. The van der Waals surface area contributed by atoms with Crippen LogP contribution in [0.25, 0.3) is 11.3 Å². The molecule has 2 aromatic heterocycles. The molecule has 1 N–H and O–H groups in total. The van der Waals surface area contributed by atoms with Crippen molar-refractivity contribution in [2.24, 2.45) is 5.92 Å². The van der Waals surface area contributed by atoms with E-state index in [0.717, 1.165) is 82.9 Å². The van der Waals surface area contributed by atoms with E-state index in [1.54, 1.807) is 25.4 Å². The molecule has 4 heterocycles. The van der Waals surface area contributed by atoms with Gasteiger partial charge in [-0.15, -0.1) is 0 Å².